The van der Waals surface area contributed by atoms with E-state index in [0.717, 1.165) is 0 Å². The largest absolute Gasteiger partial charge is 0.481 e. The van der Waals surface area contributed by atoms with Gasteiger partial charge in [-0.15, -0.1) is 0 Å². The van der Waals surface area contributed by atoms with Crippen molar-refractivity contribution in [3.63, 3.8) is 0 Å². The molecule has 10 heteroatoms. The fourth-order valence-corrected chi connectivity index (χ4v) is 5.20. The van der Waals surface area contributed by atoms with Crippen LogP contribution >= 0.6 is 0 Å². The molecule has 0 bridgehead atoms. The monoisotopic (exact) mass is 454 g/mol. The van der Waals surface area contributed by atoms with Gasteiger partial charge in [-0.25, -0.2) is 8.42 Å². The Balaban J connectivity index is 1.57. The third-order valence-electron chi connectivity index (χ3n) is 5.52. The molecule has 1 amide bonds. The van der Waals surface area contributed by atoms with Gasteiger partial charge in [0.15, 0.2) is 6.10 Å². The summed E-state index contributed by atoms with van der Waals surface area (Å²) >= 11 is 0. The van der Waals surface area contributed by atoms with Gasteiger partial charge in [-0.2, -0.15) is 4.31 Å². The molecular weight excluding hydrogens is 424 g/mol. The van der Waals surface area contributed by atoms with Gasteiger partial charge < -0.3 is 19.1 Å². The summed E-state index contributed by atoms with van der Waals surface area (Å²) in [5.74, 6) is -0.215. The fraction of sp³-hybridized carbons (Fsp3) is 0.619. The third kappa shape index (κ3) is 5.75. The maximum Gasteiger partial charge on any atom is 0.309 e. The molecule has 2 fully saturated rings. The number of ether oxygens (including phenoxy) is 3. The number of piperidine rings is 1. The van der Waals surface area contributed by atoms with Crippen molar-refractivity contribution in [2.45, 2.75) is 37.7 Å². The van der Waals surface area contributed by atoms with Crippen molar-refractivity contribution < 1.29 is 32.2 Å². The lowest BCUT2D eigenvalue weighted by molar-refractivity contribution is -0.149. The highest BCUT2D eigenvalue weighted by atomic mass is 32.2. The zero-order chi connectivity index (χ0) is 22.4. The lowest BCUT2D eigenvalue weighted by atomic mass is 9.98. The van der Waals surface area contributed by atoms with Crippen LogP contribution in [-0.4, -0.2) is 81.6 Å². The highest BCUT2D eigenvalue weighted by Gasteiger charge is 2.32. The van der Waals surface area contributed by atoms with E-state index in [2.05, 4.69) is 0 Å². The summed E-state index contributed by atoms with van der Waals surface area (Å²) in [5, 5.41) is 0. The molecule has 9 nitrogen and oxygen atoms in total. The molecule has 1 aromatic rings. The summed E-state index contributed by atoms with van der Waals surface area (Å²) < 4.78 is 43.3. The Morgan fingerprint density at radius 2 is 1.71 bits per heavy atom. The van der Waals surface area contributed by atoms with E-state index >= 15 is 0 Å². The number of carbonyl (C=O) groups is 2. The summed E-state index contributed by atoms with van der Waals surface area (Å²) in [5.41, 5.74) is 0. The summed E-state index contributed by atoms with van der Waals surface area (Å²) in [6.07, 6.45) is 0.211. The first-order valence-corrected chi connectivity index (χ1v) is 12.1. The third-order valence-corrected chi connectivity index (χ3v) is 7.43. The molecule has 3 rings (SSSR count). The van der Waals surface area contributed by atoms with Gasteiger partial charge in [0, 0.05) is 26.2 Å². The number of sulfonamides is 1. The van der Waals surface area contributed by atoms with E-state index < -0.39 is 16.1 Å². The van der Waals surface area contributed by atoms with Crippen LogP contribution < -0.4 is 4.74 Å². The van der Waals surface area contributed by atoms with Crippen LogP contribution in [0.2, 0.25) is 0 Å². The summed E-state index contributed by atoms with van der Waals surface area (Å²) in [6.45, 7) is 6.41. The van der Waals surface area contributed by atoms with E-state index in [4.69, 9.17) is 14.2 Å². The maximum absolute atomic E-state index is 12.9. The average molecular weight is 455 g/mol. The number of esters is 1. The van der Waals surface area contributed by atoms with E-state index in [1.54, 1.807) is 30.9 Å². The highest BCUT2D eigenvalue weighted by molar-refractivity contribution is 7.89. The maximum atomic E-state index is 12.9. The Morgan fingerprint density at radius 1 is 1.10 bits per heavy atom. The Bertz CT molecular complexity index is 858. The van der Waals surface area contributed by atoms with Crippen LogP contribution in [0.15, 0.2) is 29.2 Å². The Kier molecular flexibility index (Phi) is 7.90. The zero-order valence-corrected chi connectivity index (χ0v) is 18.8. The van der Waals surface area contributed by atoms with Crippen LogP contribution in [-0.2, 0) is 29.1 Å². The number of hydrogen-bond donors (Lipinski definition) is 0. The second-order valence-corrected chi connectivity index (χ2v) is 9.54. The van der Waals surface area contributed by atoms with Gasteiger partial charge in [0.2, 0.25) is 10.0 Å². The van der Waals surface area contributed by atoms with Crippen molar-refractivity contribution in [3.8, 4) is 5.75 Å². The molecule has 0 unspecified atom stereocenters. The van der Waals surface area contributed by atoms with Crippen LogP contribution in [0.1, 0.15) is 26.7 Å². The summed E-state index contributed by atoms with van der Waals surface area (Å²) in [6, 6.07) is 6.07. The molecule has 2 heterocycles. The van der Waals surface area contributed by atoms with Gasteiger partial charge in [0.05, 0.1) is 30.6 Å². The minimum atomic E-state index is -3.67. The molecule has 2 aliphatic rings. The standard InChI is InChI=1S/C21H30N2O7S/c1-3-29-21(25)17-8-10-23(11-9-17)31(26,27)19-6-4-18(5-7-19)30-16(2)20(24)22-12-14-28-15-13-22/h4-7,16-17H,3,8-15H2,1-2H3/t16-/m1/s1. The fourth-order valence-electron chi connectivity index (χ4n) is 3.73. The molecular formula is C21H30N2O7S. The predicted octanol–water partition coefficient (Wildman–Crippen LogP) is 1.28. The van der Waals surface area contributed by atoms with Crippen LogP contribution in [0, 0.1) is 5.92 Å². The molecule has 0 N–H and O–H groups in total. The van der Waals surface area contributed by atoms with E-state index in [0.29, 0.717) is 51.5 Å². The van der Waals surface area contributed by atoms with E-state index in [1.807, 2.05) is 0 Å². The molecule has 1 aromatic carbocycles. The van der Waals surface area contributed by atoms with Crippen LogP contribution in [0.5, 0.6) is 5.75 Å². The molecule has 0 saturated carbocycles. The van der Waals surface area contributed by atoms with Gasteiger partial charge in [0.25, 0.3) is 5.91 Å². The van der Waals surface area contributed by atoms with Crippen LogP contribution in [0.3, 0.4) is 0 Å². The molecule has 2 aliphatic heterocycles. The molecule has 172 valence electrons. The normalized spacial score (nSPS) is 19.6. The van der Waals surface area contributed by atoms with Crippen molar-refractivity contribution in [2.75, 3.05) is 46.0 Å². The molecule has 0 aliphatic carbocycles. The summed E-state index contributed by atoms with van der Waals surface area (Å²) in [7, 11) is -3.67. The molecule has 31 heavy (non-hydrogen) atoms. The summed E-state index contributed by atoms with van der Waals surface area (Å²) in [4.78, 5) is 26.2. The number of nitrogens with zero attached hydrogens (tertiary/aromatic N) is 2. The van der Waals surface area contributed by atoms with Gasteiger partial charge in [0.1, 0.15) is 5.75 Å². The molecule has 1 atom stereocenters. The number of amides is 1. The minimum absolute atomic E-state index is 0.121. The van der Waals surface area contributed by atoms with E-state index in [-0.39, 0.29) is 35.8 Å². The Morgan fingerprint density at radius 3 is 2.29 bits per heavy atom. The minimum Gasteiger partial charge on any atom is -0.481 e. The van der Waals surface area contributed by atoms with Crippen molar-refractivity contribution in [1.29, 1.82) is 0 Å². The second-order valence-electron chi connectivity index (χ2n) is 7.60. The number of morpholine rings is 1. The molecule has 2 saturated heterocycles. The van der Waals surface area contributed by atoms with Gasteiger partial charge in [-0.3, -0.25) is 9.59 Å². The number of carbonyl (C=O) groups excluding carboxylic acids is 2. The van der Waals surface area contributed by atoms with Crippen LogP contribution in [0.25, 0.3) is 0 Å². The smallest absolute Gasteiger partial charge is 0.309 e. The topological polar surface area (TPSA) is 102 Å². The first-order valence-electron chi connectivity index (χ1n) is 10.6. The van der Waals surface area contributed by atoms with Crippen molar-refractivity contribution in [2.24, 2.45) is 5.92 Å². The molecule has 0 spiro atoms. The quantitative estimate of drug-likeness (QED) is 0.572. The van der Waals surface area contributed by atoms with Crippen molar-refractivity contribution in [1.82, 2.24) is 9.21 Å². The van der Waals surface area contributed by atoms with Crippen LogP contribution in [0.4, 0.5) is 0 Å². The van der Waals surface area contributed by atoms with E-state index in [1.165, 1.54) is 16.4 Å². The highest BCUT2D eigenvalue weighted by Crippen LogP contribution is 2.26. The number of hydrogen-bond acceptors (Lipinski definition) is 7. The number of rotatable bonds is 7. The lowest BCUT2D eigenvalue weighted by Crippen LogP contribution is -2.46. The van der Waals surface area contributed by atoms with Gasteiger partial charge >= 0.3 is 5.97 Å². The Hall–Kier alpha value is -2.17. The SMILES string of the molecule is CCOC(=O)C1CCN(S(=O)(=O)c2ccc(O[C@H](C)C(=O)N3CCOCC3)cc2)CC1. The molecule has 0 radical (unpaired) electrons. The van der Waals surface area contributed by atoms with Gasteiger partial charge in [-0.1, -0.05) is 0 Å². The van der Waals surface area contributed by atoms with Gasteiger partial charge in [-0.05, 0) is 51.0 Å². The van der Waals surface area contributed by atoms with Crippen molar-refractivity contribution in [3.05, 3.63) is 24.3 Å². The first-order chi connectivity index (χ1) is 14.8. The predicted molar refractivity (Wildman–Crippen MR) is 112 cm³/mol. The average Bonchev–Trinajstić information content (AvgIpc) is 2.79. The second kappa shape index (κ2) is 10.4. The first kappa shape index (κ1) is 23.5. The Labute approximate surface area is 183 Å². The zero-order valence-electron chi connectivity index (χ0n) is 18.0. The van der Waals surface area contributed by atoms with E-state index in [9.17, 15) is 18.0 Å². The van der Waals surface area contributed by atoms with Crippen molar-refractivity contribution >= 4 is 21.9 Å². The number of benzene rings is 1. The lowest BCUT2D eigenvalue weighted by Gasteiger charge is -2.30. The molecule has 0 aromatic heterocycles.